The first-order chi connectivity index (χ1) is 14.8. The number of rotatable bonds is 8. The van der Waals surface area contributed by atoms with Crippen LogP contribution in [0, 0.1) is 5.82 Å². The first-order valence-corrected chi connectivity index (χ1v) is 11.1. The number of sulfonamides is 1. The van der Waals surface area contributed by atoms with Gasteiger partial charge in [0.15, 0.2) is 0 Å². The standard InChI is InChI=1S/C23H23FN2O4S/c1-3-30-20-11-13-21(14-12-20)31(28,29)25-19-9-6-8-17(15-19)23(27)26(2)16-18-7-4-5-10-22(18)24/h4-15,25H,3,16H2,1-2H3. The number of hydrogen-bond acceptors (Lipinski definition) is 4. The topological polar surface area (TPSA) is 75.7 Å². The van der Waals surface area contributed by atoms with E-state index >= 15 is 0 Å². The van der Waals surface area contributed by atoms with Crippen molar-refractivity contribution >= 4 is 21.6 Å². The van der Waals surface area contributed by atoms with E-state index in [2.05, 4.69) is 4.72 Å². The number of amides is 1. The van der Waals surface area contributed by atoms with Crippen molar-refractivity contribution < 1.29 is 22.3 Å². The average Bonchev–Trinajstić information content (AvgIpc) is 2.75. The van der Waals surface area contributed by atoms with Gasteiger partial charge in [-0.3, -0.25) is 9.52 Å². The van der Waals surface area contributed by atoms with Crippen LogP contribution in [-0.2, 0) is 16.6 Å². The summed E-state index contributed by atoms with van der Waals surface area (Å²) >= 11 is 0. The molecule has 0 saturated carbocycles. The van der Waals surface area contributed by atoms with E-state index < -0.39 is 10.0 Å². The van der Waals surface area contributed by atoms with Gasteiger partial charge in [-0.25, -0.2) is 12.8 Å². The highest BCUT2D eigenvalue weighted by Crippen LogP contribution is 2.21. The summed E-state index contributed by atoms with van der Waals surface area (Å²) in [4.78, 5) is 14.2. The van der Waals surface area contributed by atoms with Crippen molar-refractivity contribution in [3.8, 4) is 5.75 Å². The number of nitrogens with one attached hydrogen (secondary N) is 1. The van der Waals surface area contributed by atoms with Gasteiger partial charge in [0.1, 0.15) is 11.6 Å². The second-order valence-corrected chi connectivity index (χ2v) is 8.53. The molecule has 0 fully saturated rings. The van der Waals surface area contributed by atoms with Gasteiger partial charge >= 0.3 is 0 Å². The van der Waals surface area contributed by atoms with Gasteiger partial charge in [-0.05, 0) is 55.5 Å². The zero-order valence-corrected chi connectivity index (χ0v) is 18.0. The SMILES string of the molecule is CCOc1ccc(S(=O)(=O)Nc2cccc(C(=O)N(C)Cc3ccccc3F)c2)cc1. The lowest BCUT2D eigenvalue weighted by atomic mass is 10.1. The molecule has 3 rings (SSSR count). The molecule has 31 heavy (non-hydrogen) atoms. The number of carbonyl (C=O) groups excluding carboxylic acids is 1. The van der Waals surface area contributed by atoms with Crippen LogP contribution in [0.15, 0.2) is 77.7 Å². The first kappa shape index (κ1) is 22.3. The fourth-order valence-electron chi connectivity index (χ4n) is 2.99. The predicted molar refractivity (Wildman–Crippen MR) is 117 cm³/mol. The average molecular weight is 443 g/mol. The molecule has 0 unspecified atom stereocenters. The van der Waals surface area contributed by atoms with Crippen molar-refractivity contribution in [2.45, 2.75) is 18.4 Å². The molecule has 0 heterocycles. The van der Waals surface area contributed by atoms with Crippen molar-refractivity contribution in [3.05, 3.63) is 89.7 Å². The number of hydrogen-bond donors (Lipinski definition) is 1. The van der Waals surface area contributed by atoms with Gasteiger partial charge in [-0.1, -0.05) is 24.3 Å². The Morgan fingerprint density at radius 1 is 1.03 bits per heavy atom. The van der Waals surface area contributed by atoms with E-state index in [4.69, 9.17) is 4.74 Å². The number of halogens is 1. The monoisotopic (exact) mass is 442 g/mol. The Bertz CT molecular complexity index is 1160. The molecule has 8 heteroatoms. The minimum absolute atomic E-state index is 0.0735. The summed E-state index contributed by atoms with van der Waals surface area (Å²) in [7, 11) is -2.28. The lowest BCUT2D eigenvalue weighted by Gasteiger charge is -2.18. The molecule has 3 aromatic rings. The number of carbonyl (C=O) groups is 1. The third-order valence-corrected chi connectivity index (χ3v) is 5.92. The van der Waals surface area contributed by atoms with Crippen LogP contribution in [-0.4, -0.2) is 32.9 Å². The molecule has 0 aliphatic rings. The number of benzene rings is 3. The Hall–Kier alpha value is -3.39. The fraction of sp³-hybridized carbons (Fsp3) is 0.174. The Balaban J connectivity index is 1.74. The first-order valence-electron chi connectivity index (χ1n) is 9.65. The minimum Gasteiger partial charge on any atom is -0.494 e. The second kappa shape index (κ2) is 9.61. The summed E-state index contributed by atoms with van der Waals surface area (Å²) in [6.07, 6.45) is 0. The Morgan fingerprint density at radius 3 is 2.42 bits per heavy atom. The van der Waals surface area contributed by atoms with Crippen LogP contribution >= 0.6 is 0 Å². The van der Waals surface area contributed by atoms with Crippen LogP contribution in [0.1, 0.15) is 22.8 Å². The Morgan fingerprint density at radius 2 is 1.74 bits per heavy atom. The summed E-state index contributed by atoms with van der Waals surface area (Å²) < 4.78 is 47.0. The molecule has 0 aliphatic carbocycles. The molecule has 0 spiro atoms. The molecule has 162 valence electrons. The quantitative estimate of drug-likeness (QED) is 0.565. The van der Waals surface area contributed by atoms with Gasteiger partial charge < -0.3 is 9.64 Å². The molecule has 0 aromatic heterocycles. The van der Waals surface area contributed by atoms with Crippen molar-refractivity contribution in [1.82, 2.24) is 4.90 Å². The second-order valence-electron chi connectivity index (χ2n) is 6.84. The molecule has 1 N–H and O–H groups in total. The van der Waals surface area contributed by atoms with Crippen LogP contribution in [0.4, 0.5) is 10.1 Å². The maximum Gasteiger partial charge on any atom is 0.261 e. The molecule has 0 saturated heterocycles. The molecule has 6 nitrogen and oxygen atoms in total. The van der Waals surface area contributed by atoms with E-state index in [-0.39, 0.29) is 34.4 Å². The van der Waals surface area contributed by atoms with E-state index in [1.165, 1.54) is 29.2 Å². The van der Waals surface area contributed by atoms with Crippen molar-refractivity contribution in [1.29, 1.82) is 0 Å². The van der Waals surface area contributed by atoms with Crippen molar-refractivity contribution in [3.63, 3.8) is 0 Å². The number of nitrogens with zero attached hydrogens (tertiary/aromatic N) is 1. The van der Waals surface area contributed by atoms with E-state index in [1.807, 2.05) is 6.92 Å². The highest BCUT2D eigenvalue weighted by atomic mass is 32.2. The lowest BCUT2D eigenvalue weighted by molar-refractivity contribution is 0.0784. The molecule has 0 aliphatic heterocycles. The summed E-state index contributed by atoms with van der Waals surface area (Å²) in [5.41, 5.74) is 0.926. The van der Waals surface area contributed by atoms with Crippen LogP contribution in [0.5, 0.6) is 5.75 Å². The van der Waals surface area contributed by atoms with Crippen molar-refractivity contribution in [2.24, 2.45) is 0 Å². The van der Waals surface area contributed by atoms with E-state index in [0.717, 1.165) is 0 Å². The summed E-state index contributed by atoms with van der Waals surface area (Å²) in [6, 6.07) is 18.5. The maximum atomic E-state index is 13.9. The summed E-state index contributed by atoms with van der Waals surface area (Å²) in [5, 5.41) is 0. The van der Waals surface area contributed by atoms with E-state index in [1.54, 1.807) is 55.6 Å². The minimum atomic E-state index is -3.84. The molecule has 0 atom stereocenters. The number of ether oxygens (including phenoxy) is 1. The van der Waals surface area contributed by atoms with Gasteiger partial charge in [-0.2, -0.15) is 0 Å². The Labute approximate surface area is 181 Å². The largest absolute Gasteiger partial charge is 0.494 e. The number of anilines is 1. The van der Waals surface area contributed by atoms with Crippen LogP contribution in [0.2, 0.25) is 0 Å². The van der Waals surface area contributed by atoms with Gasteiger partial charge in [-0.15, -0.1) is 0 Å². The van der Waals surface area contributed by atoms with E-state index in [0.29, 0.717) is 17.9 Å². The van der Waals surface area contributed by atoms with E-state index in [9.17, 15) is 17.6 Å². The van der Waals surface area contributed by atoms with Crippen LogP contribution < -0.4 is 9.46 Å². The smallest absolute Gasteiger partial charge is 0.261 e. The van der Waals surface area contributed by atoms with Crippen LogP contribution in [0.25, 0.3) is 0 Å². The summed E-state index contributed by atoms with van der Waals surface area (Å²) in [5.74, 6) is -0.170. The third kappa shape index (κ3) is 5.61. The molecular formula is C23H23FN2O4S. The molecule has 0 bridgehead atoms. The highest BCUT2D eigenvalue weighted by molar-refractivity contribution is 7.92. The van der Waals surface area contributed by atoms with Gasteiger partial charge in [0.25, 0.3) is 15.9 Å². The Kier molecular flexibility index (Phi) is 6.91. The lowest BCUT2D eigenvalue weighted by Crippen LogP contribution is -2.26. The zero-order valence-electron chi connectivity index (χ0n) is 17.2. The maximum absolute atomic E-state index is 13.9. The predicted octanol–water partition coefficient (Wildman–Crippen LogP) is 4.30. The molecule has 1 amide bonds. The van der Waals surface area contributed by atoms with Crippen LogP contribution in [0.3, 0.4) is 0 Å². The molecule has 3 aromatic carbocycles. The fourth-order valence-corrected chi connectivity index (χ4v) is 4.04. The zero-order chi connectivity index (χ0) is 22.4. The normalized spacial score (nSPS) is 11.1. The molecular weight excluding hydrogens is 419 g/mol. The molecule has 0 radical (unpaired) electrons. The van der Waals surface area contributed by atoms with Gasteiger partial charge in [0.2, 0.25) is 0 Å². The third-order valence-electron chi connectivity index (χ3n) is 4.52. The van der Waals surface area contributed by atoms with Gasteiger partial charge in [0, 0.05) is 30.4 Å². The highest BCUT2D eigenvalue weighted by Gasteiger charge is 2.17. The van der Waals surface area contributed by atoms with Crippen molar-refractivity contribution in [2.75, 3.05) is 18.4 Å². The summed E-state index contributed by atoms with van der Waals surface area (Å²) in [6.45, 7) is 2.42. The van der Waals surface area contributed by atoms with Gasteiger partial charge in [0.05, 0.1) is 11.5 Å².